The Morgan fingerprint density at radius 2 is 1.96 bits per heavy atom. The third-order valence-electron chi connectivity index (χ3n) is 3.34. The molecule has 2 amide bonds. The number of aromatic hydroxyl groups is 1. The van der Waals surface area contributed by atoms with Crippen LogP contribution in [0.4, 0.5) is 10.6 Å². The number of thiol groups is 1. The molecule has 0 aliphatic rings. The lowest BCUT2D eigenvalue weighted by Crippen LogP contribution is -2.30. The average molecular weight is 353 g/mol. The molecule has 0 atom stereocenters. The average Bonchev–Trinajstić information content (AvgIpc) is 2.65. The number of hydrogen-bond acceptors (Lipinski definition) is 6. The zero-order valence-corrected chi connectivity index (χ0v) is 14.2. The van der Waals surface area contributed by atoms with Crippen molar-refractivity contribution in [2.45, 2.75) is 6.92 Å². The third-order valence-corrected chi connectivity index (χ3v) is 3.72. The Morgan fingerprint density at radius 3 is 2.68 bits per heavy atom. The first-order valence-electron chi connectivity index (χ1n) is 7.42. The number of rotatable bonds is 3. The van der Waals surface area contributed by atoms with Crippen molar-refractivity contribution in [1.82, 2.24) is 20.3 Å². The van der Waals surface area contributed by atoms with Gasteiger partial charge >= 0.3 is 6.03 Å². The maximum atomic E-state index is 11.9. The molecule has 25 heavy (non-hydrogen) atoms. The second-order valence-corrected chi connectivity index (χ2v) is 5.48. The maximum Gasteiger partial charge on any atom is 0.337 e. The molecule has 0 unspecified atom stereocenters. The van der Waals surface area contributed by atoms with Gasteiger partial charge in [-0.05, 0) is 43.3 Å². The number of allylic oxidation sites excluding steroid dienone is 1. The Balaban J connectivity index is 1.95. The minimum absolute atomic E-state index is 0.177. The van der Waals surface area contributed by atoms with E-state index in [0.29, 0.717) is 22.7 Å². The number of pyridine rings is 1. The zero-order valence-electron chi connectivity index (χ0n) is 13.3. The van der Waals surface area contributed by atoms with Crippen LogP contribution >= 0.6 is 12.8 Å². The first-order chi connectivity index (χ1) is 12.1. The Bertz CT molecular complexity index is 943. The van der Waals surface area contributed by atoms with E-state index in [2.05, 4.69) is 33.1 Å². The van der Waals surface area contributed by atoms with E-state index in [0.717, 1.165) is 9.87 Å². The van der Waals surface area contributed by atoms with Gasteiger partial charge in [0, 0.05) is 11.8 Å². The highest BCUT2D eigenvalue weighted by molar-refractivity contribution is 7.82. The van der Waals surface area contributed by atoms with Gasteiger partial charge < -0.3 is 10.4 Å². The topological polar surface area (TPSA) is 91.2 Å². The summed E-state index contributed by atoms with van der Waals surface area (Å²) in [7, 11) is 0. The van der Waals surface area contributed by atoms with Gasteiger partial charge in [-0.25, -0.2) is 19.1 Å². The van der Waals surface area contributed by atoms with Crippen LogP contribution in [0.3, 0.4) is 0 Å². The van der Waals surface area contributed by atoms with Gasteiger partial charge in [0.25, 0.3) is 0 Å². The first kappa shape index (κ1) is 16.7. The number of anilines is 1. The van der Waals surface area contributed by atoms with Crippen molar-refractivity contribution in [2.75, 3.05) is 4.31 Å². The van der Waals surface area contributed by atoms with E-state index in [9.17, 15) is 9.90 Å². The molecule has 7 nitrogen and oxygen atoms in total. The summed E-state index contributed by atoms with van der Waals surface area (Å²) in [6.45, 7) is 1.79. The molecule has 2 aromatic heterocycles. The van der Waals surface area contributed by atoms with Crippen molar-refractivity contribution in [3.8, 4) is 17.0 Å². The molecule has 0 radical (unpaired) electrons. The fourth-order valence-electron chi connectivity index (χ4n) is 2.10. The Kier molecular flexibility index (Phi) is 4.80. The Morgan fingerprint density at radius 1 is 1.20 bits per heavy atom. The number of phenolic OH excluding ortho intramolecular Hbond substituents is 1. The lowest BCUT2D eigenvalue weighted by molar-refractivity contribution is 0.253. The van der Waals surface area contributed by atoms with Gasteiger partial charge in [0.2, 0.25) is 0 Å². The lowest BCUT2D eigenvalue weighted by Gasteiger charge is -2.14. The number of aromatic nitrogens is 3. The minimum Gasteiger partial charge on any atom is -0.508 e. The Labute approximate surface area is 149 Å². The highest BCUT2D eigenvalue weighted by Crippen LogP contribution is 2.22. The van der Waals surface area contributed by atoms with Gasteiger partial charge in [0.05, 0.1) is 11.9 Å². The number of urea groups is 1. The fraction of sp³-hybridized carbons (Fsp3) is 0.0588. The van der Waals surface area contributed by atoms with E-state index in [1.165, 1.54) is 6.20 Å². The van der Waals surface area contributed by atoms with Gasteiger partial charge in [-0.15, -0.1) is 0 Å². The summed E-state index contributed by atoms with van der Waals surface area (Å²) >= 11 is 4.17. The minimum atomic E-state index is -0.434. The van der Waals surface area contributed by atoms with E-state index >= 15 is 0 Å². The normalized spacial score (nSPS) is 11.0. The number of fused-ring (bicyclic) bond motifs is 1. The second kappa shape index (κ2) is 7.18. The van der Waals surface area contributed by atoms with E-state index < -0.39 is 6.03 Å². The molecule has 0 spiro atoms. The molecular formula is C17H15N5O2S. The van der Waals surface area contributed by atoms with Gasteiger partial charge in [-0.2, -0.15) is 0 Å². The predicted octanol–water partition coefficient (Wildman–Crippen LogP) is 3.29. The number of hydrogen-bond donors (Lipinski definition) is 3. The molecule has 0 aliphatic carbocycles. The molecule has 8 heteroatoms. The summed E-state index contributed by atoms with van der Waals surface area (Å²) < 4.78 is 1.09. The van der Waals surface area contributed by atoms with Gasteiger partial charge in [-0.1, -0.05) is 18.9 Å². The van der Waals surface area contributed by atoms with Crippen LogP contribution in [0.2, 0.25) is 0 Å². The molecule has 3 aromatic rings. The standard InChI is InChI=1S/C17H15N5O2S/c1-2-9-18-17(24)22(25)15-8-7-13-16(21-15)20-14(10-19-13)11-3-5-12(23)6-4-11/h2-10,23,25H,1H3,(H,18,24). The second-order valence-electron chi connectivity index (χ2n) is 5.08. The molecular weight excluding hydrogens is 338 g/mol. The molecule has 0 bridgehead atoms. The van der Waals surface area contributed by atoms with Gasteiger partial charge in [-0.3, -0.25) is 4.98 Å². The molecule has 0 fully saturated rings. The molecule has 126 valence electrons. The number of nitrogens with one attached hydrogen (secondary N) is 1. The molecule has 0 saturated carbocycles. The number of benzene rings is 1. The first-order valence-corrected chi connectivity index (χ1v) is 7.82. The number of phenols is 1. The summed E-state index contributed by atoms with van der Waals surface area (Å²) in [4.78, 5) is 25.1. The maximum absolute atomic E-state index is 11.9. The van der Waals surface area contributed by atoms with E-state index in [1.54, 1.807) is 55.6 Å². The SMILES string of the molecule is CC=CNC(=O)N(S)c1ccc2ncc(-c3ccc(O)cc3)nc2n1. The van der Waals surface area contributed by atoms with Crippen LogP contribution in [-0.4, -0.2) is 26.1 Å². The third kappa shape index (κ3) is 3.69. The monoisotopic (exact) mass is 353 g/mol. The lowest BCUT2D eigenvalue weighted by atomic mass is 10.1. The van der Waals surface area contributed by atoms with Crippen LogP contribution < -0.4 is 9.62 Å². The molecule has 0 saturated heterocycles. The van der Waals surface area contributed by atoms with Crippen LogP contribution in [0.15, 0.2) is 54.9 Å². The van der Waals surface area contributed by atoms with Gasteiger partial charge in [0.15, 0.2) is 5.65 Å². The summed E-state index contributed by atoms with van der Waals surface area (Å²) in [5, 5.41) is 11.9. The van der Waals surface area contributed by atoms with Crippen molar-refractivity contribution < 1.29 is 9.90 Å². The van der Waals surface area contributed by atoms with Crippen LogP contribution in [0, 0.1) is 0 Å². The summed E-state index contributed by atoms with van der Waals surface area (Å²) in [5.41, 5.74) is 2.40. The predicted molar refractivity (Wildman–Crippen MR) is 99.2 cm³/mol. The van der Waals surface area contributed by atoms with E-state index in [-0.39, 0.29) is 5.75 Å². The number of amides is 2. The van der Waals surface area contributed by atoms with Crippen LogP contribution in [0.1, 0.15) is 6.92 Å². The van der Waals surface area contributed by atoms with E-state index in [1.807, 2.05) is 0 Å². The van der Waals surface area contributed by atoms with Crippen LogP contribution in [0.5, 0.6) is 5.75 Å². The van der Waals surface area contributed by atoms with Crippen molar-refractivity contribution >= 4 is 35.8 Å². The molecule has 0 aliphatic heterocycles. The fourth-order valence-corrected chi connectivity index (χ4v) is 2.27. The van der Waals surface area contributed by atoms with E-state index in [4.69, 9.17) is 0 Å². The number of nitrogens with zero attached hydrogens (tertiary/aromatic N) is 4. The molecule has 2 N–H and O–H groups in total. The van der Waals surface area contributed by atoms with Crippen molar-refractivity contribution in [1.29, 1.82) is 0 Å². The highest BCUT2D eigenvalue weighted by Gasteiger charge is 2.13. The number of carbonyl (C=O) groups is 1. The summed E-state index contributed by atoms with van der Waals surface area (Å²) in [5.74, 6) is 0.505. The quantitative estimate of drug-likeness (QED) is 0.629. The highest BCUT2D eigenvalue weighted by atomic mass is 32.1. The smallest absolute Gasteiger partial charge is 0.337 e. The van der Waals surface area contributed by atoms with Crippen molar-refractivity contribution in [3.63, 3.8) is 0 Å². The molecule has 1 aromatic carbocycles. The van der Waals surface area contributed by atoms with Crippen molar-refractivity contribution in [3.05, 3.63) is 54.9 Å². The molecule has 3 rings (SSSR count). The largest absolute Gasteiger partial charge is 0.508 e. The van der Waals surface area contributed by atoms with Crippen LogP contribution in [0.25, 0.3) is 22.4 Å². The summed E-state index contributed by atoms with van der Waals surface area (Å²) in [6.07, 6.45) is 4.84. The van der Waals surface area contributed by atoms with Crippen LogP contribution in [-0.2, 0) is 0 Å². The zero-order chi connectivity index (χ0) is 17.8. The number of carbonyl (C=O) groups excluding carboxylic acids is 1. The summed E-state index contributed by atoms with van der Waals surface area (Å²) in [6, 6.07) is 9.56. The molecule has 2 heterocycles. The van der Waals surface area contributed by atoms with Crippen molar-refractivity contribution in [2.24, 2.45) is 0 Å². The Hall–Kier alpha value is -3.13. The van der Waals surface area contributed by atoms with Gasteiger partial charge in [0.1, 0.15) is 17.1 Å².